The number of carbonyl (C=O) groups excluding carboxylic acids is 2. The van der Waals surface area contributed by atoms with Gasteiger partial charge in [-0.15, -0.1) is 0 Å². The van der Waals surface area contributed by atoms with E-state index in [2.05, 4.69) is 10.5 Å². The zero-order chi connectivity index (χ0) is 20.4. The summed E-state index contributed by atoms with van der Waals surface area (Å²) in [5, 5.41) is 6.52. The molecule has 1 N–H and O–H groups in total. The smallest absolute Gasteiger partial charge is 0.331 e. The number of aryl methyl sites for hydroxylation is 1. The van der Waals surface area contributed by atoms with Crippen LogP contribution in [0.1, 0.15) is 39.6 Å². The molecule has 0 aromatic carbocycles. The summed E-state index contributed by atoms with van der Waals surface area (Å²) in [6.07, 6.45) is 1.42. The Balaban J connectivity index is 1.57. The first-order valence-corrected chi connectivity index (χ1v) is 9.05. The number of nitrogens with zero attached hydrogens (tertiary/aromatic N) is 4. The summed E-state index contributed by atoms with van der Waals surface area (Å²) in [5.74, 6) is 0.180. The molecule has 150 valence electrons. The molecular weight excluding hydrogens is 366 g/mol. The molecule has 2 amide bonds. The van der Waals surface area contributed by atoms with Gasteiger partial charge in [0.05, 0.1) is 0 Å². The van der Waals surface area contributed by atoms with Crippen LogP contribution in [0.4, 0.5) is 0 Å². The maximum absolute atomic E-state index is 12.7. The van der Waals surface area contributed by atoms with Crippen molar-refractivity contribution in [2.45, 2.75) is 19.8 Å². The Morgan fingerprint density at radius 3 is 2.46 bits per heavy atom. The molecule has 2 aromatic heterocycles. The molecule has 1 aliphatic heterocycles. The van der Waals surface area contributed by atoms with Crippen molar-refractivity contribution < 1.29 is 14.1 Å². The highest BCUT2D eigenvalue weighted by molar-refractivity contribution is 5.93. The third-order valence-electron chi connectivity index (χ3n) is 5.06. The van der Waals surface area contributed by atoms with E-state index in [4.69, 9.17) is 4.52 Å². The number of aromatic nitrogens is 3. The van der Waals surface area contributed by atoms with Gasteiger partial charge in [-0.25, -0.2) is 4.79 Å². The van der Waals surface area contributed by atoms with Gasteiger partial charge < -0.3 is 14.7 Å². The van der Waals surface area contributed by atoms with Gasteiger partial charge in [0.1, 0.15) is 11.5 Å². The average molecular weight is 389 g/mol. The molecule has 0 radical (unpaired) electrons. The molecule has 3 heterocycles. The van der Waals surface area contributed by atoms with Gasteiger partial charge in [-0.05, 0) is 25.7 Å². The molecule has 10 nitrogen and oxygen atoms in total. The van der Waals surface area contributed by atoms with Crippen molar-refractivity contribution in [3.05, 3.63) is 50.1 Å². The molecule has 3 rings (SSSR count). The van der Waals surface area contributed by atoms with Crippen LogP contribution in [0, 0.1) is 12.8 Å². The van der Waals surface area contributed by atoms with Crippen LogP contribution in [0.5, 0.6) is 0 Å². The molecule has 0 bridgehead atoms. The zero-order valence-corrected chi connectivity index (χ0v) is 16.1. The van der Waals surface area contributed by atoms with E-state index < -0.39 is 11.2 Å². The fourth-order valence-corrected chi connectivity index (χ4v) is 3.24. The number of hydrogen-bond donors (Lipinski definition) is 1. The molecule has 2 aromatic rings. The molecule has 1 saturated heterocycles. The second-order valence-electron chi connectivity index (χ2n) is 7.04. The van der Waals surface area contributed by atoms with Crippen LogP contribution in [-0.4, -0.2) is 50.6 Å². The van der Waals surface area contributed by atoms with Crippen molar-refractivity contribution in [3.8, 4) is 0 Å². The lowest BCUT2D eigenvalue weighted by Crippen LogP contribution is -2.45. The molecule has 0 aliphatic carbocycles. The SMILES string of the molecule is Cc1cc(C(=O)NCC2CCN(C(=O)c3cc(=O)n(C)c(=O)n3C)CC2)no1. The summed E-state index contributed by atoms with van der Waals surface area (Å²) in [7, 11) is 2.85. The van der Waals surface area contributed by atoms with Gasteiger partial charge in [-0.2, -0.15) is 0 Å². The highest BCUT2D eigenvalue weighted by atomic mass is 16.5. The fraction of sp³-hybridized carbons (Fsp3) is 0.500. The minimum Gasteiger partial charge on any atom is -0.361 e. The standard InChI is InChI=1S/C18H23N5O5/c1-11-8-13(20-28-11)16(25)19-10-12-4-6-23(7-5-12)17(26)14-9-15(24)22(3)18(27)21(14)2/h8-9,12H,4-7,10H2,1-3H3,(H,19,25). The molecule has 1 fully saturated rings. The van der Waals surface area contributed by atoms with Gasteiger partial charge >= 0.3 is 5.69 Å². The lowest BCUT2D eigenvalue weighted by atomic mass is 9.96. The quantitative estimate of drug-likeness (QED) is 0.764. The summed E-state index contributed by atoms with van der Waals surface area (Å²) in [6, 6.07) is 2.76. The fourth-order valence-electron chi connectivity index (χ4n) is 3.24. The molecule has 0 saturated carbocycles. The van der Waals surface area contributed by atoms with E-state index >= 15 is 0 Å². The number of hydrogen-bond acceptors (Lipinski definition) is 6. The van der Waals surface area contributed by atoms with Gasteiger partial charge in [-0.1, -0.05) is 5.16 Å². The van der Waals surface area contributed by atoms with E-state index in [-0.39, 0.29) is 29.1 Å². The molecule has 0 spiro atoms. The van der Waals surface area contributed by atoms with Crippen LogP contribution in [0.25, 0.3) is 0 Å². The van der Waals surface area contributed by atoms with E-state index in [0.29, 0.717) is 38.2 Å². The Bertz CT molecular complexity index is 1010. The number of likely N-dealkylation sites (tertiary alicyclic amines) is 1. The molecule has 0 unspecified atom stereocenters. The number of rotatable bonds is 4. The number of piperidine rings is 1. The predicted molar refractivity (Wildman–Crippen MR) is 99.1 cm³/mol. The maximum atomic E-state index is 12.7. The van der Waals surface area contributed by atoms with Crippen molar-refractivity contribution in [1.82, 2.24) is 24.5 Å². The minimum atomic E-state index is -0.531. The van der Waals surface area contributed by atoms with E-state index in [1.54, 1.807) is 17.9 Å². The number of carbonyl (C=O) groups is 2. The van der Waals surface area contributed by atoms with Crippen molar-refractivity contribution in [2.24, 2.45) is 20.0 Å². The van der Waals surface area contributed by atoms with E-state index in [0.717, 1.165) is 4.57 Å². The second kappa shape index (κ2) is 7.83. The summed E-state index contributed by atoms with van der Waals surface area (Å²) in [5.41, 5.74) is -0.707. The monoisotopic (exact) mass is 389 g/mol. The molecule has 10 heteroatoms. The third-order valence-corrected chi connectivity index (χ3v) is 5.06. The molecular formula is C18H23N5O5. The van der Waals surface area contributed by atoms with Gasteiger partial charge in [0.15, 0.2) is 5.69 Å². The Hall–Kier alpha value is -3.17. The third kappa shape index (κ3) is 3.90. The Labute approximate surface area is 160 Å². The van der Waals surface area contributed by atoms with Crippen LogP contribution >= 0.6 is 0 Å². The molecule has 0 atom stereocenters. The van der Waals surface area contributed by atoms with Crippen LogP contribution in [0.15, 0.2) is 26.2 Å². The first-order valence-electron chi connectivity index (χ1n) is 9.05. The Kier molecular flexibility index (Phi) is 5.48. The van der Waals surface area contributed by atoms with Crippen LogP contribution in [0.2, 0.25) is 0 Å². The second-order valence-corrected chi connectivity index (χ2v) is 7.04. The summed E-state index contributed by atoms with van der Waals surface area (Å²) >= 11 is 0. The maximum Gasteiger partial charge on any atom is 0.331 e. The van der Waals surface area contributed by atoms with E-state index in [1.165, 1.54) is 24.7 Å². The molecule has 1 aliphatic rings. The predicted octanol–water partition coefficient (Wildman–Crippen LogP) is -0.337. The largest absolute Gasteiger partial charge is 0.361 e. The van der Waals surface area contributed by atoms with Crippen molar-refractivity contribution in [2.75, 3.05) is 19.6 Å². The summed E-state index contributed by atoms with van der Waals surface area (Å²) < 4.78 is 7.04. The van der Waals surface area contributed by atoms with E-state index in [1.807, 2.05) is 0 Å². The Morgan fingerprint density at radius 1 is 1.18 bits per heavy atom. The Morgan fingerprint density at radius 2 is 1.86 bits per heavy atom. The average Bonchev–Trinajstić information content (AvgIpc) is 3.13. The lowest BCUT2D eigenvalue weighted by Gasteiger charge is -2.32. The first kappa shape index (κ1) is 19.6. The normalized spacial score (nSPS) is 14.9. The van der Waals surface area contributed by atoms with Gasteiger partial charge in [0, 0.05) is 45.9 Å². The van der Waals surface area contributed by atoms with Gasteiger partial charge in [-0.3, -0.25) is 23.5 Å². The first-order chi connectivity index (χ1) is 13.3. The van der Waals surface area contributed by atoms with Gasteiger partial charge in [0.2, 0.25) is 0 Å². The van der Waals surface area contributed by atoms with Gasteiger partial charge in [0.25, 0.3) is 17.4 Å². The summed E-state index contributed by atoms with van der Waals surface area (Å²) in [4.78, 5) is 50.3. The van der Waals surface area contributed by atoms with Crippen LogP contribution in [0.3, 0.4) is 0 Å². The molecule has 28 heavy (non-hydrogen) atoms. The summed E-state index contributed by atoms with van der Waals surface area (Å²) in [6.45, 7) is 3.18. The van der Waals surface area contributed by atoms with Crippen molar-refractivity contribution in [3.63, 3.8) is 0 Å². The van der Waals surface area contributed by atoms with E-state index in [9.17, 15) is 19.2 Å². The highest BCUT2D eigenvalue weighted by Gasteiger charge is 2.26. The lowest BCUT2D eigenvalue weighted by molar-refractivity contribution is 0.0672. The van der Waals surface area contributed by atoms with Crippen molar-refractivity contribution in [1.29, 1.82) is 0 Å². The topological polar surface area (TPSA) is 119 Å². The minimum absolute atomic E-state index is 0.0845. The number of amides is 2. The van der Waals surface area contributed by atoms with Crippen molar-refractivity contribution >= 4 is 11.8 Å². The highest BCUT2D eigenvalue weighted by Crippen LogP contribution is 2.18. The van der Waals surface area contributed by atoms with Crippen LogP contribution in [-0.2, 0) is 14.1 Å². The number of nitrogens with one attached hydrogen (secondary N) is 1. The zero-order valence-electron chi connectivity index (χ0n) is 16.1. The van der Waals surface area contributed by atoms with Crippen LogP contribution < -0.4 is 16.6 Å².